The molecule has 1 aliphatic carbocycles. The van der Waals surface area contributed by atoms with Crippen molar-refractivity contribution in [2.75, 3.05) is 6.54 Å². The van der Waals surface area contributed by atoms with Crippen molar-refractivity contribution in [1.29, 1.82) is 0 Å². The number of rotatable bonds is 4. The van der Waals surface area contributed by atoms with Crippen molar-refractivity contribution in [2.45, 2.75) is 32.6 Å². The van der Waals surface area contributed by atoms with Crippen molar-refractivity contribution in [3.8, 4) is 0 Å². The SMILES string of the molecule is CC/C(=C\C=C/CN)C1C=CCCC1. The molecule has 0 bridgehead atoms. The van der Waals surface area contributed by atoms with E-state index >= 15 is 0 Å². The van der Waals surface area contributed by atoms with Crippen LogP contribution in [0.25, 0.3) is 0 Å². The summed E-state index contributed by atoms with van der Waals surface area (Å²) in [7, 11) is 0. The Morgan fingerprint density at radius 2 is 2.43 bits per heavy atom. The lowest BCUT2D eigenvalue weighted by Gasteiger charge is -2.18. The van der Waals surface area contributed by atoms with Crippen LogP contribution in [-0.2, 0) is 0 Å². The third-order valence-electron chi connectivity index (χ3n) is 2.72. The van der Waals surface area contributed by atoms with Crippen LogP contribution in [0.3, 0.4) is 0 Å². The van der Waals surface area contributed by atoms with Gasteiger partial charge in [0.2, 0.25) is 0 Å². The minimum atomic E-state index is 0.633. The van der Waals surface area contributed by atoms with Crippen LogP contribution in [0.15, 0.2) is 36.0 Å². The van der Waals surface area contributed by atoms with Crippen molar-refractivity contribution in [2.24, 2.45) is 11.7 Å². The van der Waals surface area contributed by atoms with Crippen molar-refractivity contribution in [3.63, 3.8) is 0 Å². The van der Waals surface area contributed by atoms with Crippen LogP contribution in [-0.4, -0.2) is 6.54 Å². The van der Waals surface area contributed by atoms with Crippen LogP contribution < -0.4 is 5.73 Å². The normalized spacial score (nSPS) is 23.3. The topological polar surface area (TPSA) is 26.0 Å². The maximum absolute atomic E-state index is 5.40. The highest BCUT2D eigenvalue weighted by Crippen LogP contribution is 2.26. The Morgan fingerprint density at radius 3 is 3.00 bits per heavy atom. The van der Waals surface area contributed by atoms with Crippen LogP contribution in [0.2, 0.25) is 0 Å². The fourth-order valence-corrected chi connectivity index (χ4v) is 1.90. The average molecular weight is 191 g/mol. The van der Waals surface area contributed by atoms with Gasteiger partial charge in [-0.1, -0.05) is 42.9 Å². The van der Waals surface area contributed by atoms with Crippen molar-refractivity contribution >= 4 is 0 Å². The molecule has 1 atom stereocenters. The number of allylic oxidation sites excluding steroid dienone is 5. The van der Waals surface area contributed by atoms with Gasteiger partial charge in [-0.3, -0.25) is 0 Å². The molecule has 14 heavy (non-hydrogen) atoms. The molecule has 0 amide bonds. The predicted molar refractivity (Wildman–Crippen MR) is 63.0 cm³/mol. The molecule has 78 valence electrons. The summed E-state index contributed by atoms with van der Waals surface area (Å²) in [6.45, 7) is 2.86. The van der Waals surface area contributed by atoms with E-state index in [1.165, 1.54) is 24.8 Å². The molecule has 0 aromatic rings. The van der Waals surface area contributed by atoms with Gasteiger partial charge in [0.25, 0.3) is 0 Å². The van der Waals surface area contributed by atoms with Gasteiger partial charge in [-0.25, -0.2) is 0 Å². The highest BCUT2D eigenvalue weighted by molar-refractivity contribution is 5.20. The standard InChI is InChI=1S/C13H21N/c1-2-12(8-6-7-11-14)13-9-4-3-5-10-13/h4,6-9,13H,2-3,5,10-11,14H2,1H3/b7-6-,12-8+. The maximum atomic E-state index is 5.40. The second-order valence-electron chi connectivity index (χ2n) is 3.72. The third-order valence-corrected chi connectivity index (χ3v) is 2.72. The Bertz CT molecular complexity index is 236. The number of hydrogen-bond acceptors (Lipinski definition) is 1. The summed E-state index contributed by atoms with van der Waals surface area (Å²) < 4.78 is 0. The van der Waals surface area contributed by atoms with Gasteiger partial charge in [0.1, 0.15) is 0 Å². The Hall–Kier alpha value is -0.820. The fourth-order valence-electron chi connectivity index (χ4n) is 1.90. The molecule has 1 heteroatoms. The summed E-state index contributed by atoms with van der Waals surface area (Å²) in [4.78, 5) is 0. The first kappa shape index (κ1) is 11.3. The zero-order valence-corrected chi connectivity index (χ0v) is 9.08. The molecule has 0 fully saturated rings. The maximum Gasteiger partial charge on any atom is 0.0109 e. The molecular formula is C13H21N. The molecule has 0 saturated heterocycles. The van der Waals surface area contributed by atoms with Gasteiger partial charge in [-0.05, 0) is 31.6 Å². The van der Waals surface area contributed by atoms with Gasteiger partial charge in [-0.15, -0.1) is 0 Å². The van der Waals surface area contributed by atoms with Crippen LogP contribution in [0.4, 0.5) is 0 Å². The van der Waals surface area contributed by atoms with Gasteiger partial charge in [-0.2, -0.15) is 0 Å². The monoisotopic (exact) mass is 191 g/mol. The smallest absolute Gasteiger partial charge is 0.0109 e. The summed E-state index contributed by atoms with van der Waals surface area (Å²) >= 11 is 0. The second-order valence-corrected chi connectivity index (χ2v) is 3.72. The molecule has 1 aliphatic rings. The van der Waals surface area contributed by atoms with Crippen LogP contribution in [0.5, 0.6) is 0 Å². The molecule has 1 rings (SSSR count). The molecule has 2 N–H and O–H groups in total. The second kappa shape index (κ2) is 6.61. The number of nitrogens with two attached hydrogens (primary N) is 1. The van der Waals surface area contributed by atoms with Crippen molar-refractivity contribution < 1.29 is 0 Å². The van der Waals surface area contributed by atoms with E-state index in [-0.39, 0.29) is 0 Å². The molecule has 0 spiro atoms. The van der Waals surface area contributed by atoms with E-state index in [1.54, 1.807) is 0 Å². The summed E-state index contributed by atoms with van der Waals surface area (Å²) in [5, 5.41) is 0. The zero-order chi connectivity index (χ0) is 10.2. The van der Waals surface area contributed by atoms with Gasteiger partial charge in [0.15, 0.2) is 0 Å². The first-order valence-electron chi connectivity index (χ1n) is 5.60. The molecule has 1 nitrogen and oxygen atoms in total. The van der Waals surface area contributed by atoms with E-state index in [4.69, 9.17) is 5.73 Å². The van der Waals surface area contributed by atoms with E-state index in [2.05, 4.69) is 31.2 Å². The van der Waals surface area contributed by atoms with Crippen LogP contribution in [0.1, 0.15) is 32.6 Å². The van der Waals surface area contributed by atoms with Gasteiger partial charge in [0.05, 0.1) is 0 Å². The minimum Gasteiger partial charge on any atom is -0.327 e. The lowest BCUT2D eigenvalue weighted by atomic mass is 9.87. The Morgan fingerprint density at radius 1 is 1.57 bits per heavy atom. The molecular weight excluding hydrogens is 170 g/mol. The summed E-state index contributed by atoms with van der Waals surface area (Å²) in [6, 6.07) is 0. The van der Waals surface area contributed by atoms with E-state index < -0.39 is 0 Å². The molecule has 0 aromatic carbocycles. The third kappa shape index (κ3) is 3.51. The highest BCUT2D eigenvalue weighted by Gasteiger charge is 2.10. The Balaban J connectivity index is 2.59. The minimum absolute atomic E-state index is 0.633. The first-order chi connectivity index (χ1) is 6.88. The number of hydrogen-bond donors (Lipinski definition) is 1. The first-order valence-corrected chi connectivity index (χ1v) is 5.60. The van der Waals surface area contributed by atoms with E-state index in [1.807, 2.05) is 6.08 Å². The van der Waals surface area contributed by atoms with Crippen molar-refractivity contribution in [1.82, 2.24) is 0 Å². The fraction of sp³-hybridized carbons (Fsp3) is 0.538. The summed E-state index contributed by atoms with van der Waals surface area (Å²) in [6.07, 6.45) is 16.0. The van der Waals surface area contributed by atoms with Gasteiger partial charge in [0, 0.05) is 6.54 Å². The molecule has 0 saturated carbocycles. The largest absolute Gasteiger partial charge is 0.327 e. The van der Waals surface area contributed by atoms with Crippen LogP contribution >= 0.6 is 0 Å². The van der Waals surface area contributed by atoms with Crippen LogP contribution in [0, 0.1) is 5.92 Å². The predicted octanol–water partition coefficient (Wildman–Crippen LogP) is 3.19. The summed E-state index contributed by atoms with van der Waals surface area (Å²) in [5.74, 6) is 0.677. The van der Waals surface area contributed by atoms with Crippen molar-refractivity contribution in [3.05, 3.63) is 36.0 Å². The van der Waals surface area contributed by atoms with E-state index in [9.17, 15) is 0 Å². The van der Waals surface area contributed by atoms with E-state index in [0.717, 1.165) is 6.42 Å². The van der Waals surface area contributed by atoms with Gasteiger partial charge < -0.3 is 5.73 Å². The molecule has 1 unspecified atom stereocenters. The zero-order valence-electron chi connectivity index (χ0n) is 9.08. The Kier molecular flexibility index (Phi) is 5.31. The molecule has 0 heterocycles. The molecule has 0 aliphatic heterocycles. The highest BCUT2D eigenvalue weighted by atomic mass is 14.5. The van der Waals surface area contributed by atoms with E-state index in [0.29, 0.717) is 12.5 Å². The molecule has 0 aromatic heterocycles. The average Bonchev–Trinajstić information content (AvgIpc) is 2.26. The van der Waals surface area contributed by atoms with Gasteiger partial charge >= 0.3 is 0 Å². The summed E-state index contributed by atoms with van der Waals surface area (Å²) in [5.41, 5.74) is 6.94. The lowest BCUT2D eigenvalue weighted by Crippen LogP contribution is -2.03. The lowest BCUT2D eigenvalue weighted by molar-refractivity contribution is 0.592. The Labute approximate surface area is 87.4 Å². The quantitative estimate of drug-likeness (QED) is 0.536. The molecule has 0 radical (unpaired) electrons.